The summed E-state index contributed by atoms with van der Waals surface area (Å²) < 4.78 is 0. The molecule has 1 atom stereocenters. The number of Topliss-reactive ketones (excluding diaryl/α,β-unsaturated/α-hetero) is 1. The normalized spacial score (nSPS) is 21.6. The van der Waals surface area contributed by atoms with Crippen LogP contribution in [-0.4, -0.2) is 89.4 Å². The van der Waals surface area contributed by atoms with E-state index in [1.165, 1.54) is 5.56 Å². The first-order valence-corrected chi connectivity index (χ1v) is 11.1. The zero-order chi connectivity index (χ0) is 21.8. The van der Waals surface area contributed by atoms with E-state index in [0.717, 1.165) is 55.7 Å². The lowest BCUT2D eigenvalue weighted by atomic mass is 9.82. The number of aliphatic hydroxyl groups excluding tert-OH is 2. The number of carbonyl (C=O) groups excluding carboxylic acids is 1. The number of β-amino-alcohol motifs (C(OH)–C–C–N with tert-alkyl or cyclic N) is 1. The average Bonchev–Trinajstić information content (AvgIpc) is 3.17. The third-order valence-electron chi connectivity index (χ3n) is 6.44. The number of rotatable bonds is 7. The smallest absolute Gasteiger partial charge is 0.168 e. The highest BCUT2D eigenvalue weighted by Gasteiger charge is 2.29. The Labute approximate surface area is 183 Å². The molecule has 1 saturated heterocycles. The summed E-state index contributed by atoms with van der Waals surface area (Å²) in [6, 6.07) is 6.25. The van der Waals surface area contributed by atoms with Crippen molar-refractivity contribution < 1.29 is 15.0 Å². The van der Waals surface area contributed by atoms with Gasteiger partial charge in [-0.3, -0.25) is 19.6 Å². The van der Waals surface area contributed by atoms with Crippen molar-refractivity contribution in [2.45, 2.75) is 25.7 Å². The quantitative estimate of drug-likeness (QED) is 0.594. The number of aliphatic imine (C=N–C) groups is 1. The van der Waals surface area contributed by atoms with Crippen LogP contribution in [0, 0.1) is 6.92 Å². The number of aromatic amines is 1. The largest absolute Gasteiger partial charge is 0.511 e. The summed E-state index contributed by atoms with van der Waals surface area (Å²) in [6.07, 6.45) is 4.38. The Hall–Kier alpha value is -2.48. The number of H-pyrrole nitrogens is 1. The second-order valence-corrected chi connectivity index (χ2v) is 8.62. The summed E-state index contributed by atoms with van der Waals surface area (Å²) in [5, 5.41) is 20.7. The molecule has 0 amide bonds. The molecule has 1 aromatic carbocycles. The number of piperazine rings is 1. The van der Waals surface area contributed by atoms with Gasteiger partial charge in [0.1, 0.15) is 5.76 Å². The maximum Gasteiger partial charge on any atom is 0.168 e. The molecule has 0 saturated carbocycles. The van der Waals surface area contributed by atoms with Gasteiger partial charge in [-0.1, -0.05) is 11.6 Å². The lowest BCUT2D eigenvalue weighted by Gasteiger charge is -2.33. The summed E-state index contributed by atoms with van der Waals surface area (Å²) in [4.78, 5) is 25.1. The van der Waals surface area contributed by atoms with Crippen molar-refractivity contribution in [2.75, 3.05) is 52.4 Å². The first kappa shape index (κ1) is 21.7. The maximum atomic E-state index is 12.8. The Bertz CT molecular complexity index is 986. The molecule has 2 aliphatic rings. The Morgan fingerprint density at radius 1 is 1.16 bits per heavy atom. The van der Waals surface area contributed by atoms with E-state index < -0.39 is 0 Å². The molecule has 2 aromatic rings. The first-order chi connectivity index (χ1) is 15.0. The topological polar surface area (TPSA) is 92.2 Å². The molecular weight excluding hydrogens is 392 g/mol. The molecule has 1 aliphatic carbocycles. The monoisotopic (exact) mass is 424 g/mol. The van der Waals surface area contributed by atoms with Crippen molar-refractivity contribution in [3.05, 3.63) is 46.9 Å². The van der Waals surface area contributed by atoms with Crippen molar-refractivity contribution in [2.24, 2.45) is 4.99 Å². The van der Waals surface area contributed by atoms with E-state index in [9.17, 15) is 9.90 Å². The molecule has 1 fully saturated rings. The summed E-state index contributed by atoms with van der Waals surface area (Å²) in [7, 11) is 0. The van der Waals surface area contributed by atoms with E-state index in [0.29, 0.717) is 25.0 Å². The van der Waals surface area contributed by atoms with Gasteiger partial charge in [-0.25, -0.2) is 0 Å². The molecule has 7 nitrogen and oxygen atoms in total. The molecule has 4 rings (SSSR count). The summed E-state index contributed by atoms with van der Waals surface area (Å²) in [5.41, 5.74) is 3.69. The predicted molar refractivity (Wildman–Crippen MR) is 123 cm³/mol. The van der Waals surface area contributed by atoms with Crippen LogP contribution in [0.1, 0.15) is 29.9 Å². The number of nitrogens with zero attached hydrogens (tertiary/aromatic N) is 3. The van der Waals surface area contributed by atoms with Crippen LogP contribution in [-0.2, 0) is 4.79 Å². The van der Waals surface area contributed by atoms with E-state index in [1.807, 2.05) is 6.20 Å². The van der Waals surface area contributed by atoms with Crippen LogP contribution >= 0.6 is 0 Å². The number of nitrogens with one attached hydrogen (secondary N) is 1. The number of aryl methyl sites for hydroxylation is 1. The van der Waals surface area contributed by atoms with Gasteiger partial charge in [0.05, 0.1) is 18.7 Å². The van der Waals surface area contributed by atoms with Crippen molar-refractivity contribution in [3.63, 3.8) is 0 Å². The van der Waals surface area contributed by atoms with Crippen LogP contribution in [0.2, 0.25) is 0 Å². The molecule has 7 heteroatoms. The number of carbonyl (C=O) groups is 1. The Morgan fingerprint density at radius 3 is 2.61 bits per heavy atom. The van der Waals surface area contributed by atoms with Crippen LogP contribution < -0.4 is 0 Å². The number of hydrogen-bond donors (Lipinski definition) is 3. The predicted octanol–water partition coefficient (Wildman–Crippen LogP) is 2.42. The molecule has 2 heterocycles. The molecular formula is C24H32N4O3. The molecule has 0 bridgehead atoms. The van der Waals surface area contributed by atoms with Crippen molar-refractivity contribution in [3.8, 4) is 0 Å². The number of fused-ring (bicyclic) bond motifs is 1. The van der Waals surface area contributed by atoms with E-state index in [-0.39, 0.29) is 24.1 Å². The summed E-state index contributed by atoms with van der Waals surface area (Å²) >= 11 is 0. The third-order valence-corrected chi connectivity index (χ3v) is 6.44. The molecule has 0 spiro atoms. The Kier molecular flexibility index (Phi) is 6.85. The highest BCUT2D eigenvalue weighted by atomic mass is 16.3. The van der Waals surface area contributed by atoms with Crippen molar-refractivity contribution in [1.82, 2.24) is 14.8 Å². The van der Waals surface area contributed by atoms with E-state index in [2.05, 4.69) is 44.9 Å². The van der Waals surface area contributed by atoms with Gasteiger partial charge in [0.2, 0.25) is 0 Å². The SMILES string of the molecule is Cc1ccc2[nH]cc(C3CC(=O)C(C=NCCN4CCN(CCO)CC4)=C(O)C3)c2c1. The second-order valence-electron chi connectivity index (χ2n) is 8.62. The van der Waals surface area contributed by atoms with Gasteiger partial charge in [0, 0.05) is 81.3 Å². The number of aliphatic hydroxyl groups is 2. The lowest BCUT2D eigenvalue weighted by molar-refractivity contribution is -0.116. The molecule has 31 heavy (non-hydrogen) atoms. The number of benzene rings is 1. The summed E-state index contributed by atoms with van der Waals surface area (Å²) in [6.45, 7) is 8.30. The van der Waals surface area contributed by atoms with Crippen LogP contribution in [0.25, 0.3) is 10.9 Å². The Morgan fingerprint density at radius 2 is 1.90 bits per heavy atom. The fraction of sp³-hybridized carbons (Fsp3) is 0.500. The fourth-order valence-corrected chi connectivity index (χ4v) is 4.60. The second kappa shape index (κ2) is 9.77. The molecule has 0 radical (unpaired) electrons. The van der Waals surface area contributed by atoms with Crippen LogP contribution in [0.4, 0.5) is 0 Å². The van der Waals surface area contributed by atoms with Crippen LogP contribution in [0.5, 0.6) is 0 Å². The number of allylic oxidation sites excluding steroid dienone is 2. The Balaban J connectivity index is 1.34. The van der Waals surface area contributed by atoms with E-state index in [4.69, 9.17) is 5.11 Å². The van der Waals surface area contributed by atoms with Gasteiger partial charge in [0.25, 0.3) is 0 Å². The summed E-state index contributed by atoms with van der Waals surface area (Å²) in [5.74, 6) is 0.0807. The lowest BCUT2D eigenvalue weighted by Crippen LogP contribution is -2.47. The van der Waals surface area contributed by atoms with Gasteiger partial charge < -0.3 is 15.2 Å². The van der Waals surface area contributed by atoms with Gasteiger partial charge in [-0.15, -0.1) is 0 Å². The first-order valence-electron chi connectivity index (χ1n) is 11.1. The van der Waals surface area contributed by atoms with Gasteiger partial charge in [0.15, 0.2) is 5.78 Å². The minimum absolute atomic E-state index is 0.0181. The standard InChI is InChI=1S/C24H32N4O3/c1-17-2-3-22-19(12-17)20(16-26-22)18-13-23(30)21(24(31)14-18)15-25-4-5-27-6-8-28(9-7-27)10-11-29/h2-3,12,15-16,18,26,29-30H,4-11,13-14H2,1H3. The zero-order valence-corrected chi connectivity index (χ0v) is 18.2. The van der Waals surface area contributed by atoms with Crippen LogP contribution in [0.3, 0.4) is 0 Å². The van der Waals surface area contributed by atoms with E-state index >= 15 is 0 Å². The van der Waals surface area contributed by atoms with Crippen molar-refractivity contribution in [1.29, 1.82) is 0 Å². The van der Waals surface area contributed by atoms with Gasteiger partial charge in [-0.05, 0) is 24.6 Å². The van der Waals surface area contributed by atoms with Crippen molar-refractivity contribution >= 4 is 22.9 Å². The minimum atomic E-state index is -0.0443. The molecule has 166 valence electrons. The number of hydrogen-bond acceptors (Lipinski definition) is 6. The third kappa shape index (κ3) is 5.06. The number of ketones is 1. The average molecular weight is 425 g/mol. The highest BCUT2D eigenvalue weighted by molar-refractivity contribution is 6.14. The zero-order valence-electron chi connectivity index (χ0n) is 18.2. The van der Waals surface area contributed by atoms with Gasteiger partial charge >= 0.3 is 0 Å². The highest BCUT2D eigenvalue weighted by Crippen LogP contribution is 2.36. The van der Waals surface area contributed by atoms with Crippen LogP contribution in [0.15, 0.2) is 40.7 Å². The molecule has 1 unspecified atom stereocenters. The molecule has 3 N–H and O–H groups in total. The molecule has 1 aromatic heterocycles. The maximum absolute atomic E-state index is 12.8. The minimum Gasteiger partial charge on any atom is -0.511 e. The fourth-order valence-electron chi connectivity index (χ4n) is 4.60. The molecule has 1 aliphatic heterocycles. The van der Waals surface area contributed by atoms with E-state index in [1.54, 1.807) is 6.21 Å². The number of aromatic nitrogens is 1. The van der Waals surface area contributed by atoms with Gasteiger partial charge in [-0.2, -0.15) is 0 Å².